The van der Waals surface area contributed by atoms with E-state index in [0.29, 0.717) is 13.1 Å². The number of rotatable bonds is 4. The number of nitrogens with two attached hydrogens (primary N) is 1. The summed E-state index contributed by atoms with van der Waals surface area (Å²) in [5, 5.41) is 6.65. The Labute approximate surface area is 114 Å². The lowest BCUT2D eigenvalue weighted by atomic mass is 10.3. The van der Waals surface area contributed by atoms with Crippen molar-refractivity contribution in [3.63, 3.8) is 0 Å². The molecule has 1 heterocycles. The first-order chi connectivity index (χ1) is 9.22. The number of carbonyl (C=O) groups is 2. The van der Waals surface area contributed by atoms with Crippen LogP contribution in [0.3, 0.4) is 0 Å². The highest BCUT2D eigenvalue weighted by Crippen LogP contribution is 1.89. The summed E-state index contributed by atoms with van der Waals surface area (Å²) in [6.45, 7) is 7.45. The van der Waals surface area contributed by atoms with Crippen LogP contribution in [-0.2, 0) is 9.59 Å². The van der Waals surface area contributed by atoms with Gasteiger partial charge in [0.05, 0.1) is 13.1 Å². The second kappa shape index (κ2) is 9.85. The minimum Gasteiger partial charge on any atom is -0.369 e. The molecule has 1 aliphatic rings. The third kappa shape index (κ3) is 7.89. The van der Waals surface area contributed by atoms with Crippen LogP contribution in [0.15, 0.2) is 0 Å². The molecule has 1 fully saturated rings. The van der Waals surface area contributed by atoms with Crippen molar-refractivity contribution in [2.75, 3.05) is 65.4 Å². The Bertz CT molecular complexity index is 261. The maximum atomic E-state index is 11.0. The molecule has 0 radical (unpaired) electrons. The molecule has 1 rings (SSSR count). The minimum atomic E-state index is -0.288. The maximum Gasteiger partial charge on any atom is 0.231 e. The standard InChI is InChI=1S/C12H25N5O2/c13-12(19)11-17-7-3-14-1-5-16(9-10-18)6-2-15-4-8-17/h10,14-15H,1-9,11H2,(H2,13,19). The summed E-state index contributed by atoms with van der Waals surface area (Å²) in [5.41, 5.74) is 5.23. The van der Waals surface area contributed by atoms with Gasteiger partial charge in [0.15, 0.2) is 0 Å². The number of primary amides is 1. The Morgan fingerprint density at radius 3 is 1.89 bits per heavy atom. The first kappa shape index (κ1) is 16.0. The molecule has 0 aliphatic carbocycles. The predicted octanol–water partition coefficient (Wildman–Crippen LogP) is -2.53. The van der Waals surface area contributed by atoms with Gasteiger partial charge in [-0.05, 0) is 0 Å². The lowest BCUT2D eigenvalue weighted by Gasteiger charge is -2.25. The highest BCUT2D eigenvalue weighted by atomic mass is 16.1. The lowest BCUT2D eigenvalue weighted by Crippen LogP contribution is -2.45. The molecule has 0 aromatic carbocycles. The zero-order chi connectivity index (χ0) is 13.9. The Balaban J connectivity index is 2.35. The summed E-state index contributed by atoms with van der Waals surface area (Å²) in [6.07, 6.45) is 0.945. The highest BCUT2D eigenvalue weighted by Gasteiger charge is 2.09. The molecule has 0 aromatic heterocycles. The number of nitrogens with zero attached hydrogens (tertiary/aromatic N) is 2. The third-order valence-corrected chi connectivity index (χ3v) is 3.13. The normalized spacial score (nSPS) is 21.3. The van der Waals surface area contributed by atoms with E-state index in [1.807, 2.05) is 4.90 Å². The van der Waals surface area contributed by atoms with Crippen LogP contribution in [0.2, 0.25) is 0 Å². The van der Waals surface area contributed by atoms with E-state index in [2.05, 4.69) is 15.5 Å². The largest absolute Gasteiger partial charge is 0.369 e. The number of carbonyl (C=O) groups excluding carboxylic acids is 2. The van der Waals surface area contributed by atoms with Gasteiger partial charge in [0.2, 0.25) is 5.91 Å². The van der Waals surface area contributed by atoms with Gasteiger partial charge in [0, 0.05) is 52.4 Å². The molecule has 1 amide bonds. The number of hydrogen-bond acceptors (Lipinski definition) is 6. The van der Waals surface area contributed by atoms with Crippen molar-refractivity contribution in [1.82, 2.24) is 20.4 Å². The fourth-order valence-corrected chi connectivity index (χ4v) is 2.09. The van der Waals surface area contributed by atoms with Crippen LogP contribution in [0, 0.1) is 0 Å². The molecule has 4 N–H and O–H groups in total. The summed E-state index contributed by atoms with van der Waals surface area (Å²) in [6, 6.07) is 0. The van der Waals surface area contributed by atoms with Crippen molar-refractivity contribution < 1.29 is 9.59 Å². The molecule has 0 unspecified atom stereocenters. The molecule has 0 spiro atoms. The van der Waals surface area contributed by atoms with Crippen molar-refractivity contribution in [3.8, 4) is 0 Å². The Morgan fingerprint density at radius 2 is 1.47 bits per heavy atom. The van der Waals surface area contributed by atoms with Crippen LogP contribution in [-0.4, -0.2) is 87.4 Å². The van der Waals surface area contributed by atoms with Crippen molar-refractivity contribution in [2.45, 2.75) is 0 Å². The smallest absolute Gasteiger partial charge is 0.231 e. The molecule has 0 aromatic rings. The molecular weight excluding hydrogens is 246 g/mol. The second-order valence-electron chi connectivity index (χ2n) is 4.71. The third-order valence-electron chi connectivity index (χ3n) is 3.13. The number of nitrogens with one attached hydrogen (secondary N) is 2. The SMILES string of the molecule is NC(=O)CN1CCNCCN(CC=O)CCNCC1. The fraction of sp³-hybridized carbons (Fsp3) is 0.833. The van der Waals surface area contributed by atoms with Crippen molar-refractivity contribution in [1.29, 1.82) is 0 Å². The zero-order valence-electron chi connectivity index (χ0n) is 11.4. The van der Waals surface area contributed by atoms with Gasteiger partial charge in [-0.1, -0.05) is 0 Å². The van der Waals surface area contributed by atoms with Crippen molar-refractivity contribution >= 4 is 12.2 Å². The molecule has 7 nitrogen and oxygen atoms in total. The number of hydrogen-bond donors (Lipinski definition) is 3. The van der Waals surface area contributed by atoms with Crippen LogP contribution < -0.4 is 16.4 Å². The monoisotopic (exact) mass is 271 g/mol. The molecule has 0 saturated carbocycles. The van der Waals surface area contributed by atoms with Crippen LogP contribution in [0.1, 0.15) is 0 Å². The van der Waals surface area contributed by atoms with E-state index in [4.69, 9.17) is 5.73 Å². The highest BCUT2D eigenvalue weighted by molar-refractivity contribution is 5.75. The zero-order valence-corrected chi connectivity index (χ0v) is 11.4. The number of aldehydes is 1. The molecule has 0 bridgehead atoms. The van der Waals surface area contributed by atoms with E-state index in [0.717, 1.165) is 58.6 Å². The van der Waals surface area contributed by atoms with Gasteiger partial charge in [-0.2, -0.15) is 0 Å². The average molecular weight is 271 g/mol. The summed E-state index contributed by atoms with van der Waals surface area (Å²) in [7, 11) is 0. The summed E-state index contributed by atoms with van der Waals surface area (Å²) in [4.78, 5) is 25.7. The molecule has 110 valence electrons. The topological polar surface area (TPSA) is 90.7 Å². The minimum absolute atomic E-state index is 0.288. The van der Waals surface area contributed by atoms with Crippen molar-refractivity contribution in [2.24, 2.45) is 5.73 Å². The maximum absolute atomic E-state index is 11.0. The lowest BCUT2D eigenvalue weighted by molar-refractivity contribution is -0.119. The number of amides is 1. The van der Waals surface area contributed by atoms with Gasteiger partial charge >= 0.3 is 0 Å². The summed E-state index contributed by atoms with van der Waals surface area (Å²) >= 11 is 0. The Hall–Kier alpha value is -1.02. The second-order valence-corrected chi connectivity index (χ2v) is 4.71. The van der Waals surface area contributed by atoms with Gasteiger partial charge in [-0.25, -0.2) is 0 Å². The van der Waals surface area contributed by atoms with Gasteiger partial charge in [-0.3, -0.25) is 14.6 Å². The van der Waals surface area contributed by atoms with Gasteiger partial charge in [0.25, 0.3) is 0 Å². The van der Waals surface area contributed by atoms with E-state index in [1.54, 1.807) is 0 Å². The van der Waals surface area contributed by atoms with Gasteiger partial charge in [0.1, 0.15) is 6.29 Å². The fourth-order valence-electron chi connectivity index (χ4n) is 2.09. The van der Waals surface area contributed by atoms with E-state index in [9.17, 15) is 9.59 Å². The van der Waals surface area contributed by atoms with E-state index < -0.39 is 0 Å². The molecular formula is C12H25N5O2. The van der Waals surface area contributed by atoms with E-state index >= 15 is 0 Å². The average Bonchev–Trinajstić information content (AvgIpc) is 2.34. The Morgan fingerprint density at radius 1 is 1.00 bits per heavy atom. The first-order valence-electron chi connectivity index (χ1n) is 6.80. The van der Waals surface area contributed by atoms with E-state index in [1.165, 1.54) is 0 Å². The molecule has 1 aliphatic heterocycles. The quantitative estimate of drug-likeness (QED) is 0.488. The predicted molar refractivity (Wildman–Crippen MR) is 73.9 cm³/mol. The van der Waals surface area contributed by atoms with Crippen molar-refractivity contribution in [3.05, 3.63) is 0 Å². The summed E-state index contributed by atoms with van der Waals surface area (Å²) < 4.78 is 0. The first-order valence-corrected chi connectivity index (χ1v) is 6.80. The molecule has 7 heteroatoms. The molecule has 0 atom stereocenters. The Kier molecular flexibility index (Phi) is 8.31. The molecule has 19 heavy (non-hydrogen) atoms. The van der Waals surface area contributed by atoms with Crippen LogP contribution in [0.4, 0.5) is 0 Å². The van der Waals surface area contributed by atoms with E-state index in [-0.39, 0.29) is 5.91 Å². The summed E-state index contributed by atoms with van der Waals surface area (Å²) in [5.74, 6) is -0.288. The van der Waals surface area contributed by atoms with Crippen LogP contribution in [0.5, 0.6) is 0 Å². The van der Waals surface area contributed by atoms with Crippen LogP contribution >= 0.6 is 0 Å². The molecule has 1 saturated heterocycles. The van der Waals surface area contributed by atoms with Gasteiger partial charge in [-0.15, -0.1) is 0 Å². The van der Waals surface area contributed by atoms with Crippen LogP contribution in [0.25, 0.3) is 0 Å². The van der Waals surface area contributed by atoms with Gasteiger partial charge < -0.3 is 21.2 Å².